The van der Waals surface area contributed by atoms with Gasteiger partial charge in [-0.15, -0.1) is 0 Å². The molecule has 0 radical (unpaired) electrons. The Hall–Kier alpha value is -2.97. The van der Waals surface area contributed by atoms with Crippen LogP contribution in [0.4, 0.5) is 0 Å². The highest BCUT2D eigenvalue weighted by Crippen LogP contribution is 2.26. The lowest BCUT2D eigenvalue weighted by Crippen LogP contribution is -2.69. The van der Waals surface area contributed by atoms with E-state index in [4.69, 9.17) is 5.73 Å². The van der Waals surface area contributed by atoms with Crippen LogP contribution in [0, 0.1) is 6.92 Å². The smallest absolute Gasteiger partial charge is 0.270 e. The Kier molecular flexibility index (Phi) is 4.74. The number of ketones is 2. The van der Waals surface area contributed by atoms with Crippen LogP contribution >= 0.6 is 0 Å². The summed E-state index contributed by atoms with van der Waals surface area (Å²) in [5.41, 5.74) is 10.1. The molecule has 1 fully saturated rings. The van der Waals surface area contributed by atoms with E-state index in [0.29, 0.717) is 25.3 Å². The average Bonchev–Trinajstić information content (AvgIpc) is 2.71. The van der Waals surface area contributed by atoms with Crippen LogP contribution in [-0.4, -0.2) is 51.0 Å². The zero-order chi connectivity index (χ0) is 19.8. The minimum absolute atomic E-state index is 0.255. The number of hydrogen-bond acceptors (Lipinski definition) is 7. The van der Waals surface area contributed by atoms with Gasteiger partial charge in [0.2, 0.25) is 11.6 Å². The van der Waals surface area contributed by atoms with Gasteiger partial charge in [-0.25, -0.2) is 9.97 Å². The van der Waals surface area contributed by atoms with Crippen LogP contribution in [0.1, 0.15) is 32.9 Å². The molecule has 4 rings (SSSR count). The zero-order valence-electron chi connectivity index (χ0n) is 15.5. The van der Waals surface area contributed by atoms with Crippen LogP contribution in [0.5, 0.6) is 0 Å². The number of benzene rings is 1. The first-order chi connectivity index (χ1) is 13.4. The van der Waals surface area contributed by atoms with Gasteiger partial charge in [0.05, 0.1) is 12.1 Å². The number of carbonyl (C=O) groups is 3. The maximum atomic E-state index is 12.3. The van der Waals surface area contributed by atoms with Crippen molar-refractivity contribution in [3.8, 4) is 0 Å². The van der Waals surface area contributed by atoms with E-state index in [0.717, 1.165) is 23.2 Å². The van der Waals surface area contributed by atoms with E-state index in [1.165, 1.54) is 11.9 Å². The molecule has 0 saturated heterocycles. The van der Waals surface area contributed by atoms with Crippen LogP contribution in [0.25, 0.3) is 0 Å². The normalized spacial score (nSPS) is 21.8. The lowest BCUT2D eigenvalue weighted by Gasteiger charge is -2.41. The van der Waals surface area contributed by atoms with Gasteiger partial charge in [-0.2, -0.15) is 0 Å². The van der Waals surface area contributed by atoms with E-state index in [-0.39, 0.29) is 11.7 Å². The molecule has 8 nitrogen and oxygen atoms in total. The summed E-state index contributed by atoms with van der Waals surface area (Å²) < 4.78 is 0. The van der Waals surface area contributed by atoms with Gasteiger partial charge in [-0.3, -0.25) is 19.3 Å². The summed E-state index contributed by atoms with van der Waals surface area (Å²) in [6, 6.07) is 6.49. The quantitative estimate of drug-likeness (QED) is 0.713. The van der Waals surface area contributed by atoms with Gasteiger partial charge >= 0.3 is 0 Å². The number of carbonyl (C=O) groups excluding carboxylic acids is 3. The largest absolute Gasteiger partial charge is 0.347 e. The van der Waals surface area contributed by atoms with Crippen molar-refractivity contribution in [1.82, 2.24) is 20.2 Å². The maximum Gasteiger partial charge on any atom is 0.270 e. The Morgan fingerprint density at radius 1 is 1.21 bits per heavy atom. The molecule has 1 amide bonds. The van der Waals surface area contributed by atoms with Crippen molar-refractivity contribution in [2.24, 2.45) is 5.73 Å². The molecule has 2 aliphatic rings. The monoisotopic (exact) mass is 379 g/mol. The van der Waals surface area contributed by atoms with E-state index >= 15 is 0 Å². The molecule has 144 valence electrons. The fourth-order valence-electron chi connectivity index (χ4n) is 3.74. The van der Waals surface area contributed by atoms with Crippen molar-refractivity contribution in [2.45, 2.75) is 38.5 Å². The molecule has 8 heteroatoms. The van der Waals surface area contributed by atoms with E-state index in [9.17, 15) is 14.4 Å². The lowest BCUT2D eigenvalue weighted by molar-refractivity contribution is -0.150. The van der Waals surface area contributed by atoms with Crippen LogP contribution in [-0.2, 0) is 29.1 Å². The van der Waals surface area contributed by atoms with Crippen molar-refractivity contribution in [3.63, 3.8) is 0 Å². The number of nitrogens with two attached hydrogens (primary N) is 1. The highest BCUT2D eigenvalue weighted by molar-refractivity contribution is 6.48. The summed E-state index contributed by atoms with van der Waals surface area (Å²) in [5, 5.41) is 2.86. The zero-order valence-corrected chi connectivity index (χ0v) is 15.5. The second kappa shape index (κ2) is 7.21. The Labute approximate surface area is 162 Å². The molecule has 1 aromatic heterocycles. The Morgan fingerprint density at radius 3 is 2.79 bits per heavy atom. The Bertz CT molecular complexity index is 974. The fraction of sp³-hybridized carbons (Fsp3) is 0.350. The standard InChI is InChI=1S/C20H21N5O3/c1-11-6-15(24-10-23-11)20(28)22-8-12-2-3-13-4-5-25(9-14(13)7-12)17-16(21)18(26)19(17)27/h2-3,6-7,10,16-17H,4-5,8-9,21H2,1H3,(H,22,28). The van der Waals surface area contributed by atoms with Crippen molar-refractivity contribution in [1.29, 1.82) is 0 Å². The molecule has 2 heterocycles. The molecule has 1 aromatic carbocycles. The van der Waals surface area contributed by atoms with Crippen LogP contribution in [0.3, 0.4) is 0 Å². The number of rotatable bonds is 4. The molecule has 2 unspecified atom stereocenters. The van der Waals surface area contributed by atoms with E-state index in [2.05, 4.69) is 21.4 Å². The average molecular weight is 379 g/mol. The number of aryl methyl sites for hydroxylation is 1. The minimum Gasteiger partial charge on any atom is -0.347 e. The number of hydrogen-bond donors (Lipinski definition) is 2. The highest BCUT2D eigenvalue weighted by Gasteiger charge is 2.50. The lowest BCUT2D eigenvalue weighted by atomic mass is 9.81. The van der Waals surface area contributed by atoms with E-state index < -0.39 is 17.9 Å². The summed E-state index contributed by atoms with van der Waals surface area (Å²) in [6.07, 6.45) is 2.17. The van der Waals surface area contributed by atoms with Crippen LogP contribution in [0.2, 0.25) is 0 Å². The molecule has 0 bridgehead atoms. The fourth-order valence-corrected chi connectivity index (χ4v) is 3.74. The SMILES string of the molecule is Cc1cc(C(=O)NCc2ccc3c(c2)CN(C2C(=O)C(=O)C2N)CC3)ncn1. The van der Waals surface area contributed by atoms with Crippen LogP contribution < -0.4 is 11.1 Å². The molecule has 0 spiro atoms. The van der Waals surface area contributed by atoms with E-state index in [1.807, 2.05) is 17.0 Å². The molecule has 1 aliphatic carbocycles. The van der Waals surface area contributed by atoms with Gasteiger partial charge in [0.15, 0.2) is 0 Å². The third-order valence-corrected chi connectivity index (χ3v) is 5.35. The van der Waals surface area contributed by atoms with Gasteiger partial charge in [0.1, 0.15) is 12.0 Å². The number of Topliss-reactive ketones (excluding diaryl/α,β-unsaturated/α-hetero) is 2. The number of nitrogens with zero attached hydrogens (tertiary/aromatic N) is 3. The molecule has 2 atom stereocenters. The third-order valence-electron chi connectivity index (χ3n) is 5.35. The number of amides is 1. The first kappa shape index (κ1) is 18.4. The third kappa shape index (κ3) is 3.32. The topological polar surface area (TPSA) is 118 Å². The summed E-state index contributed by atoms with van der Waals surface area (Å²) >= 11 is 0. The summed E-state index contributed by atoms with van der Waals surface area (Å²) in [7, 11) is 0. The van der Waals surface area contributed by atoms with E-state index in [1.54, 1.807) is 13.0 Å². The first-order valence-electron chi connectivity index (χ1n) is 9.19. The second-order valence-electron chi connectivity index (χ2n) is 7.25. The van der Waals surface area contributed by atoms with Gasteiger partial charge in [0.25, 0.3) is 5.91 Å². The molecule has 3 N–H and O–H groups in total. The molecule has 1 saturated carbocycles. The molecule has 2 aromatic rings. The predicted octanol–water partition coefficient (Wildman–Crippen LogP) is -0.0792. The summed E-state index contributed by atoms with van der Waals surface area (Å²) in [5.74, 6) is -1.12. The molecule has 28 heavy (non-hydrogen) atoms. The van der Waals surface area contributed by atoms with Gasteiger partial charge in [0, 0.05) is 25.3 Å². The second-order valence-corrected chi connectivity index (χ2v) is 7.25. The van der Waals surface area contributed by atoms with Gasteiger partial charge < -0.3 is 11.1 Å². The van der Waals surface area contributed by atoms with Crippen LogP contribution in [0.15, 0.2) is 30.6 Å². The highest BCUT2D eigenvalue weighted by atomic mass is 16.2. The number of nitrogens with one attached hydrogen (secondary N) is 1. The predicted molar refractivity (Wildman–Crippen MR) is 100 cm³/mol. The minimum atomic E-state index is -0.715. The Balaban J connectivity index is 1.43. The van der Waals surface area contributed by atoms with Crippen molar-refractivity contribution >= 4 is 17.5 Å². The van der Waals surface area contributed by atoms with Crippen molar-refractivity contribution in [2.75, 3.05) is 6.54 Å². The molecule has 1 aliphatic heterocycles. The van der Waals surface area contributed by atoms with Crippen molar-refractivity contribution in [3.05, 3.63) is 58.7 Å². The summed E-state index contributed by atoms with van der Waals surface area (Å²) in [6.45, 7) is 3.45. The van der Waals surface area contributed by atoms with Crippen molar-refractivity contribution < 1.29 is 14.4 Å². The number of aromatic nitrogens is 2. The van der Waals surface area contributed by atoms with Gasteiger partial charge in [-0.1, -0.05) is 18.2 Å². The summed E-state index contributed by atoms with van der Waals surface area (Å²) in [4.78, 5) is 45.5. The first-order valence-corrected chi connectivity index (χ1v) is 9.19. The van der Waals surface area contributed by atoms with Gasteiger partial charge in [-0.05, 0) is 36.1 Å². The number of fused-ring (bicyclic) bond motifs is 1. The Morgan fingerprint density at radius 2 is 2.04 bits per heavy atom. The molecular weight excluding hydrogens is 358 g/mol. The molecular formula is C20H21N5O3. The maximum absolute atomic E-state index is 12.3.